The van der Waals surface area contributed by atoms with Crippen LogP contribution in [0.25, 0.3) is 0 Å². The van der Waals surface area contributed by atoms with Gasteiger partial charge in [-0.1, -0.05) is 26.7 Å². The molecule has 0 radical (unpaired) electrons. The summed E-state index contributed by atoms with van der Waals surface area (Å²) in [5.41, 5.74) is -0.423. The zero-order chi connectivity index (χ0) is 14.6. The van der Waals surface area contributed by atoms with Crippen molar-refractivity contribution in [1.29, 1.82) is 0 Å². The third-order valence-electron chi connectivity index (χ3n) is 4.74. The summed E-state index contributed by atoms with van der Waals surface area (Å²) in [5, 5.41) is 20.7. The monoisotopic (exact) mass is 285 g/mol. The van der Waals surface area contributed by atoms with Crippen molar-refractivity contribution in [3.05, 3.63) is 0 Å². The highest BCUT2D eigenvalue weighted by molar-refractivity contribution is 4.95. The predicted octanol–water partition coefficient (Wildman–Crippen LogP) is 1.65. The summed E-state index contributed by atoms with van der Waals surface area (Å²) in [7, 11) is 0. The van der Waals surface area contributed by atoms with Crippen molar-refractivity contribution in [2.45, 2.75) is 57.7 Å². The molecule has 0 aromatic heterocycles. The Kier molecular flexibility index (Phi) is 5.84. The average molecular weight is 285 g/mol. The van der Waals surface area contributed by atoms with Crippen LogP contribution in [0.5, 0.6) is 0 Å². The molecule has 1 heterocycles. The number of fused-ring (bicyclic) bond motifs is 1. The Hall–Kier alpha value is -0.160. The van der Waals surface area contributed by atoms with Crippen LogP contribution >= 0.6 is 0 Å². The van der Waals surface area contributed by atoms with Gasteiger partial charge in [-0.2, -0.15) is 0 Å². The quantitative estimate of drug-likeness (QED) is 0.779. The maximum absolute atomic E-state index is 10.6. The number of ether oxygens (including phenoxy) is 1. The van der Waals surface area contributed by atoms with E-state index in [0.717, 1.165) is 32.4 Å². The van der Waals surface area contributed by atoms with Gasteiger partial charge in [-0.3, -0.25) is 0 Å². The molecule has 0 amide bonds. The van der Waals surface area contributed by atoms with Crippen molar-refractivity contribution in [3.63, 3.8) is 0 Å². The maximum Gasteiger partial charge on any atom is 0.0900 e. The van der Waals surface area contributed by atoms with Gasteiger partial charge >= 0.3 is 0 Å². The predicted molar refractivity (Wildman–Crippen MR) is 79.6 cm³/mol. The van der Waals surface area contributed by atoms with Gasteiger partial charge in [0.25, 0.3) is 0 Å². The molecular formula is C16H31NO3. The highest BCUT2D eigenvalue weighted by Crippen LogP contribution is 2.39. The molecule has 0 aromatic carbocycles. The van der Waals surface area contributed by atoms with Gasteiger partial charge in [0.1, 0.15) is 0 Å². The molecule has 2 rings (SSSR count). The lowest BCUT2D eigenvalue weighted by atomic mass is 9.71. The number of rotatable bonds is 6. The molecule has 0 aromatic rings. The van der Waals surface area contributed by atoms with Crippen molar-refractivity contribution in [1.82, 2.24) is 4.90 Å². The molecule has 1 aliphatic heterocycles. The topological polar surface area (TPSA) is 52.9 Å². The minimum atomic E-state index is -0.423. The van der Waals surface area contributed by atoms with Gasteiger partial charge in [0.15, 0.2) is 0 Å². The van der Waals surface area contributed by atoms with Crippen LogP contribution in [0.4, 0.5) is 0 Å². The summed E-state index contributed by atoms with van der Waals surface area (Å²) in [4.78, 5) is 2.30. The summed E-state index contributed by atoms with van der Waals surface area (Å²) in [6.45, 7) is 7.85. The van der Waals surface area contributed by atoms with E-state index in [1.165, 1.54) is 12.8 Å². The van der Waals surface area contributed by atoms with E-state index >= 15 is 0 Å². The zero-order valence-electron chi connectivity index (χ0n) is 13.1. The Morgan fingerprint density at radius 2 is 2.05 bits per heavy atom. The molecule has 4 nitrogen and oxygen atoms in total. The fourth-order valence-corrected chi connectivity index (χ4v) is 3.60. The number of hydrogen-bond donors (Lipinski definition) is 2. The standard InChI is InChI=1S/C16H31NO3/c1-13(2)11-20-12-15(18)10-17-8-7-16(19)6-4-3-5-14(16)9-17/h13-15,18-19H,3-12H2,1-2H3/t14-,15-,16-/m1/s1. The number of aliphatic hydroxyl groups is 2. The normalized spacial score (nSPS) is 33.1. The molecule has 4 heteroatoms. The average Bonchev–Trinajstić information content (AvgIpc) is 2.38. The van der Waals surface area contributed by atoms with Crippen LogP contribution in [-0.4, -0.2) is 59.7 Å². The van der Waals surface area contributed by atoms with Crippen molar-refractivity contribution >= 4 is 0 Å². The Morgan fingerprint density at radius 1 is 1.25 bits per heavy atom. The van der Waals surface area contributed by atoms with Gasteiger partial charge in [0.2, 0.25) is 0 Å². The molecule has 118 valence electrons. The molecule has 0 bridgehead atoms. The minimum absolute atomic E-state index is 0.397. The Morgan fingerprint density at radius 3 is 2.80 bits per heavy atom. The Labute approximate surface area is 123 Å². The molecular weight excluding hydrogens is 254 g/mol. The van der Waals surface area contributed by atoms with Crippen LogP contribution < -0.4 is 0 Å². The van der Waals surface area contributed by atoms with Crippen LogP contribution in [0, 0.1) is 11.8 Å². The minimum Gasteiger partial charge on any atom is -0.390 e. The van der Waals surface area contributed by atoms with Crippen molar-refractivity contribution in [3.8, 4) is 0 Å². The van der Waals surface area contributed by atoms with E-state index in [9.17, 15) is 10.2 Å². The van der Waals surface area contributed by atoms with E-state index in [4.69, 9.17) is 4.74 Å². The second-order valence-electron chi connectivity index (χ2n) is 7.14. The van der Waals surface area contributed by atoms with Crippen molar-refractivity contribution in [2.24, 2.45) is 11.8 Å². The third kappa shape index (κ3) is 4.42. The fourth-order valence-electron chi connectivity index (χ4n) is 3.60. The van der Waals surface area contributed by atoms with Gasteiger partial charge in [0.05, 0.1) is 18.3 Å². The first-order valence-corrected chi connectivity index (χ1v) is 8.20. The van der Waals surface area contributed by atoms with E-state index in [0.29, 0.717) is 31.6 Å². The van der Waals surface area contributed by atoms with Crippen LogP contribution in [0.1, 0.15) is 46.0 Å². The number of aliphatic hydroxyl groups excluding tert-OH is 1. The third-order valence-corrected chi connectivity index (χ3v) is 4.74. The molecule has 0 unspecified atom stereocenters. The van der Waals surface area contributed by atoms with Crippen LogP contribution in [0.3, 0.4) is 0 Å². The molecule has 1 saturated carbocycles. The Balaban J connectivity index is 1.72. The van der Waals surface area contributed by atoms with E-state index in [1.807, 2.05) is 0 Å². The summed E-state index contributed by atoms with van der Waals surface area (Å²) < 4.78 is 5.50. The lowest BCUT2D eigenvalue weighted by Gasteiger charge is -2.47. The smallest absolute Gasteiger partial charge is 0.0900 e. The van der Waals surface area contributed by atoms with Gasteiger partial charge < -0.3 is 19.8 Å². The van der Waals surface area contributed by atoms with Crippen LogP contribution in [-0.2, 0) is 4.74 Å². The molecule has 3 atom stereocenters. The lowest BCUT2D eigenvalue weighted by molar-refractivity contribution is -0.103. The molecule has 1 saturated heterocycles. The fraction of sp³-hybridized carbons (Fsp3) is 1.00. The number of hydrogen-bond acceptors (Lipinski definition) is 4. The molecule has 0 spiro atoms. The van der Waals surface area contributed by atoms with Crippen molar-refractivity contribution in [2.75, 3.05) is 32.8 Å². The first kappa shape index (κ1) is 16.2. The maximum atomic E-state index is 10.6. The van der Waals surface area contributed by atoms with Gasteiger partial charge in [-0.15, -0.1) is 0 Å². The molecule has 2 N–H and O–H groups in total. The van der Waals surface area contributed by atoms with E-state index in [1.54, 1.807) is 0 Å². The second-order valence-corrected chi connectivity index (χ2v) is 7.14. The summed E-state index contributed by atoms with van der Waals surface area (Å²) in [5.74, 6) is 0.906. The Bertz CT molecular complexity index is 297. The number of nitrogens with zero attached hydrogens (tertiary/aromatic N) is 1. The van der Waals surface area contributed by atoms with Crippen molar-refractivity contribution < 1.29 is 14.9 Å². The lowest BCUT2D eigenvalue weighted by Crippen LogP contribution is -2.54. The molecule has 2 aliphatic rings. The van der Waals surface area contributed by atoms with E-state index in [2.05, 4.69) is 18.7 Å². The molecule has 1 aliphatic carbocycles. The molecule has 20 heavy (non-hydrogen) atoms. The number of piperidine rings is 1. The highest BCUT2D eigenvalue weighted by atomic mass is 16.5. The zero-order valence-corrected chi connectivity index (χ0v) is 13.1. The largest absolute Gasteiger partial charge is 0.390 e. The summed E-state index contributed by atoms with van der Waals surface area (Å²) in [6, 6.07) is 0. The summed E-state index contributed by atoms with van der Waals surface area (Å²) in [6.07, 6.45) is 4.94. The van der Waals surface area contributed by atoms with Gasteiger partial charge in [0, 0.05) is 32.2 Å². The second kappa shape index (κ2) is 7.21. The molecule has 2 fully saturated rings. The SMILES string of the molecule is CC(C)COC[C@H](O)CN1CC[C@]2(O)CCCC[C@@H]2C1. The van der Waals surface area contributed by atoms with Crippen LogP contribution in [0.2, 0.25) is 0 Å². The van der Waals surface area contributed by atoms with Gasteiger partial charge in [-0.05, 0) is 25.2 Å². The van der Waals surface area contributed by atoms with E-state index < -0.39 is 11.7 Å². The number of likely N-dealkylation sites (tertiary alicyclic amines) is 1. The highest BCUT2D eigenvalue weighted by Gasteiger charge is 2.42. The first-order valence-electron chi connectivity index (χ1n) is 8.20. The summed E-state index contributed by atoms with van der Waals surface area (Å²) >= 11 is 0. The van der Waals surface area contributed by atoms with Crippen LogP contribution in [0.15, 0.2) is 0 Å². The van der Waals surface area contributed by atoms with E-state index in [-0.39, 0.29) is 0 Å². The first-order chi connectivity index (χ1) is 9.49. The number of β-amino-alcohol motifs (C(OH)–C–C–N with tert-alkyl or cyclic N) is 1. The van der Waals surface area contributed by atoms with Gasteiger partial charge in [-0.25, -0.2) is 0 Å².